The van der Waals surface area contributed by atoms with Gasteiger partial charge in [-0.2, -0.15) is 0 Å². The third kappa shape index (κ3) is 2.80. The molecule has 0 aliphatic rings. The Labute approximate surface area is 121 Å². The molecule has 0 saturated carbocycles. The number of carbonyl (C=O) groups excluding carboxylic acids is 1. The molecule has 0 heterocycles. The smallest absolute Gasteiger partial charge is 0.197 e. The zero-order valence-corrected chi connectivity index (χ0v) is 12.0. The molecule has 0 aliphatic heterocycles. The number of aryl methyl sites for hydroxylation is 1. The Bertz CT molecular complexity index is 668. The van der Waals surface area contributed by atoms with Crippen LogP contribution in [0.2, 0.25) is 0 Å². The van der Waals surface area contributed by atoms with Gasteiger partial charge in [-0.25, -0.2) is 13.2 Å². The molecule has 2 aromatic carbocycles. The van der Waals surface area contributed by atoms with Crippen LogP contribution < -0.4 is 0 Å². The van der Waals surface area contributed by atoms with Crippen molar-refractivity contribution in [1.82, 2.24) is 0 Å². The number of ketones is 1. The average Bonchev–Trinajstić information content (AvgIpc) is 2.33. The van der Waals surface area contributed by atoms with Crippen LogP contribution >= 0.6 is 22.6 Å². The summed E-state index contributed by atoms with van der Waals surface area (Å²) in [5.74, 6) is -2.70. The molecule has 2 rings (SSSR count). The standard InChI is InChI=1S/C14H8F3IO/c1-7-4-10(12(17)6-11(7)16)14(19)9-3-2-8(15)5-13(9)18/h2-6H,1H3. The van der Waals surface area contributed by atoms with E-state index < -0.39 is 23.2 Å². The third-order valence-electron chi connectivity index (χ3n) is 2.67. The first kappa shape index (κ1) is 14.0. The second-order valence-electron chi connectivity index (χ2n) is 4.03. The van der Waals surface area contributed by atoms with Crippen LogP contribution in [0.15, 0.2) is 30.3 Å². The molecule has 19 heavy (non-hydrogen) atoms. The highest BCUT2D eigenvalue weighted by molar-refractivity contribution is 14.1. The van der Waals surface area contributed by atoms with Crippen LogP contribution in [0.1, 0.15) is 21.5 Å². The van der Waals surface area contributed by atoms with Gasteiger partial charge >= 0.3 is 0 Å². The summed E-state index contributed by atoms with van der Waals surface area (Å²) < 4.78 is 40.1. The first-order valence-electron chi connectivity index (χ1n) is 5.35. The molecule has 0 unspecified atom stereocenters. The zero-order valence-electron chi connectivity index (χ0n) is 9.81. The summed E-state index contributed by atoms with van der Waals surface area (Å²) in [6, 6.07) is 5.44. The average molecular weight is 376 g/mol. The topological polar surface area (TPSA) is 17.1 Å². The number of halogens is 4. The molecular weight excluding hydrogens is 368 g/mol. The lowest BCUT2D eigenvalue weighted by Crippen LogP contribution is -2.08. The van der Waals surface area contributed by atoms with Crippen molar-refractivity contribution in [1.29, 1.82) is 0 Å². The number of rotatable bonds is 2. The molecule has 2 aromatic rings. The second-order valence-corrected chi connectivity index (χ2v) is 5.20. The maximum Gasteiger partial charge on any atom is 0.197 e. The molecule has 5 heteroatoms. The third-order valence-corrected chi connectivity index (χ3v) is 3.56. The van der Waals surface area contributed by atoms with E-state index in [1.54, 1.807) is 22.6 Å². The van der Waals surface area contributed by atoms with Crippen molar-refractivity contribution in [3.8, 4) is 0 Å². The van der Waals surface area contributed by atoms with Gasteiger partial charge in [0.05, 0.1) is 5.56 Å². The lowest BCUT2D eigenvalue weighted by Gasteiger charge is -2.07. The van der Waals surface area contributed by atoms with Gasteiger partial charge in [0.15, 0.2) is 5.78 Å². The fraction of sp³-hybridized carbons (Fsp3) is 0.0714. The molecule has 0 spiro atoms. The molecule has 1 nitrogen and oxygen atoms in total. The Hall–Kier alpha value is -1.37. The SMILES string of the molecule is Cc1cc(C(=O)c2ccc(F)cc2I)c(F)cc1F. The highest BCUT2D eigenvalue weighted by atomic mass is 127. The van der Waals surface area contributed by atoms with Crippen LogP contribution in [0.5, 0.6) is 0 Å². The Morgan fingerprint density at radius 3 is 2.32 bits per heavy atom. The first-order chi connectivity index (χ1) is 8.90. The summed E-state index contributed by atoms with van der Waals surface area (Å²) >= 11 is 1.80. The van der Waals surface area contributed by atoms with Gasteiger partial charge in [0, 0.05) is 15.2 Å². The number of hydrogen-bond donors (Lipinski definition) is 0. The van der Waals surface area contributed by atoms with Gasteiger partial charge in [0.2, 0.25) is 0 Å². The highest BCUT2D eigenvalue weighted by Gasteiger charge is 2.18. The molecule has 0 saturated heterocycles. The largest absolute Gasteiger partial charge is 0.288 e. The van der Waals surface area contributed by atoms with Crippen molar-refractivity contribution in [3.05, 3.63) is 68.0 Å². The molecule has 0 aliphatic carbocycles. The number of carbonyl (C=O) groups is 1. The van der Waals surface area contributed by atoms with Crippen LogP contribution in [0.4, 0.5) is 13.2 Å². The summed E-state index contributed by atoms with van der Waals surface area (Å²) in [7, 11) is 0. The van der Waals surface area contributed by atoms with Crippen LogP contribution in [0.25, 0.3) is 0 Å². The minimum atomic E-state index is -0.923. The van der Waals surface area contributed by atoms with Crippen molar-refractivity contribution in [2.75, 3.05) is 0 Å². The first-order valence-corrected chi connectivity index (χ1v) is 6.43. The van der Waals surface area contributed by atoms with Gasteiger partial charge in [0.1, 0.15) is 17.5 Å². The number of hydrogen-bond acceptors (Lipinski definition) is 1. The maximum absolute atomic E-state index is 13.6. The van der Waals surface area contributed by atoms with Crippen molar-refractivity contribution >= 4 is 28.4 Å². The van der Waals surface area contributed by atoms with Gasteiger partial charge in [-0.3, -0.25) is 4.79 Å². The molecule has 0 fully saturated rings. The normalized spacial score (nSPS) is 10.6. The molecule has 0 N–H and O–H groups in total. The molecule has 0 radical (unpaired) electrons. The summed E-state index contributed by atoms with van der Waals surface area (Å²) in [6.45, 7) is 1.45. The summed E-state index contributed by atoms with van der Waals surface area (Å²) in [5.41, 5.74) is 0.150. The van der Waals surface area contributed by atoms with Crippen LogP contribution in [-0.2, 0) is 0 Å². The molecule has 0 aromatic heterocycles. The molecule has 0 atom stereocenters. The summed E-state index contributed by atoms with van der Waals surface area (Å²) in [6.07, 6.45) is 0. The van der Waals surface area contributed by atoms with E-state index >= 15 is 0 Å². The van der Waals surface area contributed by atoms with Gasteiger partial charge in [-0.1, -0.05) is 0 Å². The summed E-state index contributed by atoms with van der Waals surface area (Å²) in [5, 5.41) is 0. The van der Waals surface area contributed by atoms with Gasteiger partial charge in [-0.05, 0) is 59.3 Å². The highest BCUT2D eigenvalue weighted by Crippen LogP contribution is 2.21. The maximum atomic E-state index is 13.6. The predicted molar refractivity (Wildman–Crippen MR) is 73.6 cm³/mol. The van der Waals surface area contributed by atoms with E-state index in [0.717, 1.165) is 12.1 Å². The Morgan fingerprint density at radius 2 is 1.68 bits per heavy atom. The van der Waals surface area contributed by atoms with Crippen molar-refractivity contribution in [3.63, 3.8) is 0 Å². The Morgan fingerprint density at radius 1 is 1.00 bits per heavy atom. The van der Waals surface area contributed by atoms with E-state index in [-0.39, 0.29) is 16.7 Å². The van der Waals surface area contributed by atoms with Crippen LogP contribution in [0.3, 0.4) is 0 Å². The lowest BCUT2D eigenvalue weighted by atomic mass is 10.0. The predicted octanol–water partition coefficient (Wildman–Crippen LogP) is 4.25. The fourth-order valence-electron chi connectivity index (χ4n) is 1.65. The van der Waals surface area contributed by atoms with Gasteiger partial charge < -0.3 is 0 Å². The Balaban J connectivity index is 2.53. The molecule has 0 amide bonds. The lowest BCUT2D eigenvalue weighted by molar-refractivity contribution is 0.103. The minimum absolute atomic E-state index is 0.182. The zero-order chi connectivity index (χ0) is 14.2. The van der Waals surface area contributed by atoms with Gasteiger partial charge in [0.25, 0.3) is 0 Å². The van der Waals surface area contributed by atoms with E-state index in [1.807, 2.05) is 0 Å². The molecule has 0 bridgehead atoms. The van der Waals surface area contributed by atoms with Gasteiger partial charge in [-0.15, -0.1) is 0 Å². The number of benzene rings is 2. The second kappa shape index (κ2) is 5.32. The van der Waals surface area contributed by atoms with Crippen molar-refractivity contribution in [2.24, 2.45) is 0 Å². The van der Waals surface area contributed by atoms with E-state index in [1.165, 1.54) is 19.1 Å². The van der Waals surface area contributed by atoms with Crippen molar-refractivity contribution in [2.45, 2.75) is 6.92 Å². The Kier molecular flexibility index (Phi) is 3.93. The molecule has 98 valence electrons. The van der Waals surface area contributed by atoms with Crippen molar-refractivity contribution < 1.29 is 18.0 Å². The van der Waals surface area contributed by atoms with E-state index in [0.29, 0.717) is 9.64 Å². The van der Waals surface area contributed by atoms with Crippen LogP contribution in [0, 0.1) is 27.9 Å². The van der Waals surface area contributed by atoms with E-state index in [4.69, 9.17) is 0 Å². The van der Waals surface area contributed by atoms with E-state index in [2.05, 4.69) is 0 Å². The molecular formula is C14H8F3IO. The summed E-state index contributed by atoms with van der Waals surface area (Å²) in [4.78, 5) is 12.2. The fourth-order valence-corrected chi connectivity index (χ4v) is 2.37. The van der Waals surface area contributed by atoms with E-state index in [9.17, 15) is 18.0 Å². The van der Waals surface area contributed by atoms with Crippen LogP contribution in [-0.4, -0.2) is 5.78 Å². The quantitative estimate of drug-likeness (QED) is 0.566. The minimum Gasteiger partial charge on any atom is -0.288 e. The monoisotopic (exact) mass is 376 g/mol.